The molecule has 0 aromatic carbocycles. The van der Waals surface area contributed by atoms with Gasteiger partial charge in [-0.1, -0.05) is 0 Å². The number of rotatable bonds is 3. The molecule has 2 rings (SSSR count). The summed E-state index contributed by atoms with van der Waals surface area (Å²) in [6, 6.07) is 0.377. The quantitative estimate of drug-likeness (QED) is 0.834. The maximum atomic E-state index is 9.36. The average molecular weight is 224 g/mol. The van der Waals surface area contributed by atoms with Gasteiger partial charge in [0.2, 0.25) is 0 Å². The van der Waals surface area contributed by atoms with Gasteiger partial charge in [-0.2, -0.15) is 9.97 Å². The molecule has 1 saturated carbocycles. The lowest BCUT2D eigenvalue weighted by Crippen LogP contribution is -2.27. The van der Waals surface area contributed by atoms with Crippen LogP contribution in [-0.4, -0.2) is 34.4 Å². The summed E-state index contributed by atoms with van der Waals surface area (Å²) in [5.74, 6) is 0.617. The molecule has 1 N–H and O–H groups in total. The number of aliphatic hydroxyl groups excluding tert-OH is 1. The lowest BCUT2D eigenvalue weighted by molar-refractivity contribution is 0.0617. The maximum absolute atomic E-state index is 9.36. The van der Waals surface area contributed by atoms with Gasteiger partial charge in [0.15, 0.2) is 5.75 Å². The summed E-state index contributed by atoms with van der Waals surface area (Å²) in [4.78, 5) is 8.08. The number of hydrogen-bond acceptors (Lipinski definition) is 5. The first-order valence-electron chi connectivity index (χ1n) is 5.48. The van der Waals surface area contributed by atoms with Crippen LogP contribution in [0.25, 0.3) is 0 Å². The minimum Gasteiger partial charge on any atom is -0.494 e. The van der Waals surface area contributed by atoms with Crippen LogP contribution in [0.5, 0.6) is 11.8 Å². The van der Waals surface area contributed by atoms with Gasteiger partial charge < -0.3 is 14.6 Å². The van der Waals surface area contributed by atoms with Crippen molar-refractivity contribution in [1.82, 2.24) is 9.97 Å². The molecule has 0 saturated heterocycles. The minimum absolute atomic E-state index is 0.122. The Hall–Kier alpha value is -1.36. The van der Waals surface area contributed by atoms with Gasteiger partial charge in [-0.15, -0.1) is 0 Å². The molecule has 1 aliphatic rings. The molecular weight excluding hydrogens is 208 g/mol. The number of hydrogen-bond donors (Lipinski definition) is 1. The molecule has 0 amide bonds. The largest absolute Gasteiger partial charge is 0.494 e. The van der Waals surface area contributed by atoms with Crippen LogP contribution >= 0.6 is 0 Å². The van der Waals surface area contributed by atoms with Crippen molar-refractivity contribution in [2.24, 2.45) is 0 Å². The van der Waals surface area contributed by atoms with E-state index >= 15 is 0 Å². The van der Waals surface area contributed by atoms with Gasteiger partial charge in [0.1, 0.15) is 6.10 Å². The molecule has 5 heteroatoms. The van der Waals surface area contributed by atoms with Crippen LogP contribution in [0, 0.1) is 0 Å². The normalized spacial score (nSPS) is 25.1. The molecule has 1 aromatic rings. The molecule has 0 bridgehead atoms. The first kappa shape index (κ1) is 11.1. The highest BCUT2D eigenvalue weighted by Gasteiger charge is 2.21. The summed E-state index contributed by atoms with van der Waals surface area (Å²) < 4.78 is 10.6. The second kappa shape index (κ2) is 5.12. The Morgan fingerprint density at radius 1 is 1.19 bits per heavy atom. The molecule has 0 radical (unpaired) electrons. The second-order valence-electron chi connectivity index (χ2n) is 3.95. The van der Waals surface area contributed by atoms with Crippen molar-refractivity contribution in [2.75, 3.05) is 7.11 Å². The topological polar surface area (TPSA) is 64.5 Å². The molecule has 0 spiro atoms. The van der Waals surface area contributed by atoms with E-state index in [1.807, 2.05) is 0 Å². The summed E-state index contributed by atoms with van der Waals surface area (Å²) in [5, 5.41) is 9.36. The zero-order chi connectivity index (χ0) is 11.4. The monoisotopic (exact) mass is 224 g/mol. The van der Waals surface area contributed by atoms with Crippen molar-refractivity contribution in [2.45, 2.75) is 37.9 Å². The number of nitrogens with zero attached hydrogens (tertiary/aromatic N) is 2. The third-order valence-corrected chi connectivity index (χ3v) is 2.76. The van der Waals surface area contributed by atoms with Gasteiger partial charge in [-0.05, 0) is 25.7 Å². The molecule has 0 aliphatic heterocycles. The Morgan fingerprint density at radius 3 is 2.38 bits per heavy atom. The van der Waals surface area contributed by atoms with Crippen molar-refractivity contribution in [3.63, 3.8) is 0 Å². The Kier molecular flexibility index (Phi) is 3.56. The summed E-state index contributed by atoms with van der Waals surface area (Å²) in [5.41, 5.74) is 0. The van der Waals surface area contributed by atoms with Crippen LogP contribution in [0.2, 0.25) is 0 Å². The van der Waals surface area contributed by atoms with E-state index in [2.05, 4.69) is 9.97 Å². The highest BCUT2D eigenvalue weighted by molar-refractivity contribution is 5.13. The average Bonchev–Trinajstić information content (AvgIpc) is 2.33. The van der Waals surface area contributed by atoms with Gasteiger partial charge in [0, 0.05) is 0 Å². The number of methoxy groups -OCH3 is 1. The van der Waals surface area contributed by atoms with Crippen molar-refractivity contribution >= 4 is 0 Å². The molecule has 1 heterocycles. The van der Waals surface area contributed by atoms with E-state index in [9.17, 15) is 5.11 Å². The molecule has 1 aliphatic carbocycles. The number of ether oxygens (including phenoxy) is 2. The van der Waals surface area contributed by atoms with Gasteiger partial charge >= 0.3 is 6.01 Å². The Labute approximate surface area is 94.4 Å². The fourth-order valence-electron chi connectivity index (χ4n) is 1.78. The lowest BCUT2D eigenvalue weighted by atomic mass is 9.95. The van der Waals surface area contributed by atoms with Crippen molar-refractivity contribution < 1.29 is 14.6 Å². The number of aromatic nitrogens is 2. The summed E-state index contributed by atoms with van der Waals surface area (Å²) in [7, 11) is 1.57. The van der Waals surface area contributed by atoms with E-state index < -0.39 is 0 Å². The Balaban J connectivity index is 1.88. The molecular formula is C11H16N2O3. The maximum Gasteiger partial charge on any atom is 0.316 e. The zero-order valence-electron chi connectivity index (χ0n) is 9.30. The second-order valence-corrected chi connectivity index (χ2v) is 3.95. The van der Waals surface area contributed by atoms with E-state index in [0.717, 1.165) is 25.7 Å². The van der Waals surface area contributed by atoms with E-state index in [-0.39, 0.29) is 12.2 Å². The van der Waals surface area contributed by atoms with E-state index in [1.165, 1.54) is 0 Å². The third-order valence-electron chi connectivity index (χ3n) is 2.76. The Bertz CT molecular complexity index is 321. The van der Waals surface area contributed by atoms with Crippen LogP contribution in [0.1, 0.15) is 25.7 Å². The summed E-state index contributed by atoms with van der Waals surface area (Å²) in [6.45, 7) is 0. The Morgan fingerprint density at radius 2 is 1.81 bits per heavy atom. The zero-order valence-corrected chi connectivity index (χ0v) is 9.30. The molecule has 16 heavy (non-hydrogen) atoms. The minimum atomic E-state index is -0.170. The highest BCUT2D eigenvalue weighted by Crippen LogP contribution is 2.22. The molecule has 88 valence electrons. The van der Waals surface area contributed by atoms with Crippen LogP contribution < -0.4 is 9.47 Å². The molecule has 0 atom stereocenters. The predicted molar refractivity (Wildman–Crippen MR) is 57.5 cm³/mol. The van der Waals surface area contributed by atoms with Gasteiger partial charge in [0.25, 0.3) is 0 Å². The summed E-state index contributed by atoms with van der Waals surface area (Å²) in [6.07, 6.45) is 6.42. The third kappa shape index (κ3) is 2.82. The van der Waals surface area contributed by atoms with Crippen molar-refractivity contribution in [1.29, 1.82) is 0 Å². The smallest absolute Gasteiger partial charge is 0.316 e. The lowest BCUT2D eigenvalue weighted by Gasteiger charge is -2.25. The van der Waals surface area contributed by atoms with Gasteiger partial charge in [-0.3, -0.25) is 0 Å². The van der Waals surface area contributed by atoms with Crippen LogP contribution in [-0.2, 0) is 0 Å². The highest BCUT2D eigenvalue weighted by atomic mass is 16.5. The van der Waals surface area contributed by atoms with Crippen LogP contribution in [0.15, 0.2) is 12.4 Å². The van der Waals surface area contributed by atoms with Gasteiger partial charge in [0.05, 0.1) is 25.6 Å². The van der Waals surface area contributed by atoms with E-state index in [1.54, 1.807) is 19.5 Å². The van der Waals surface area contributed by atoms with Crippen molar-refractivity contribution in [3.05, 3.63) is 12.4 Å². The van der Waals surface area contributed by atoms with E-state index in [4.69, 9.17) is 9.47 Å². The first-order valence-corrected chi connectivity index (χ1v) is 5.48. The molecule has 1 fully saturated rings. The first-order chi connectivity index (χ1) is 7.78. The standard InChI is InChI=1S/C11H16N2O3/c1-15-10-6-12-11(13-7-10)16-9-4-2-8(14)3-5-9/h6-9,14H,2-5H2,1H3/t8-,9-. The van der Waals surface area contributed by atoms with E-state index in [0.29, 0.717) is 11.8 Å². The van der Waals surface area contributed by atoms with Gasteiger partial charge in [-0.25, -0.2) is 0 Å². The van der Waals surface area contributed by atoms with Crippen LogP contribution in [0.3, 0.4) is 0 Å². The van der Waals surface area contributed by atoms with Crippen LogP contribution in [0.4, 0.5) is 0 Å². The molecule has 5 nitrogen and oxygen atoms in total. The SMILES string of the molecule is COc1cnc(O[C@H]2CC[C@H](O)CC2)nc1. The molecule has 0 unspecified atom stereocenters. The summed E-state index contributed by atoms with van der Waals surface area (Å²) >= 11 is 0. The fraction of sp³-hybridized carbons (Fsp3) is 0.636. The fourth-order valence-corrected chi connectivity index (χ4v) is 1.78. The predicted octanol–water partition coefficient (Wildman–Crippen LogP) is 1.17. The number of aliphatic hydroxyl groups is 1. The molecule has 1 aromatic heterocycles. The van der Waals surface area contributed by atoms with Crippen molar-refractivity contribution in [3.8, 4) is 11.8 Å².